The summed E-state index contributed by atoms with van der Waals surface area (Å²) in [5.74, 6) is -1.60. The molecule has 0 saturated heterocycles. The molecule has 1 rings (SSSR count). The van der Waals surface area contributed by atoms with E-state index >= 15 is 0 Å². The van der Waals surface area contributed by atoms with Gasteiger partial charge in [0.2, 0.25) is 0 Å². The van der Waals surface area contributed by atoms with Gasteiger partial charge in [-0.3, -0.25) is 14.9 Å². The molecule has 0 saturated carbocycles. The van der Waals surface area contributed by atoms with Crippen molar-refractivity contribution >= 4 is 17.3 Å². The van der Waals surface area contributed by atoms with Crippen LogP contribution in [0.3, 0.4) is 0 Å². The molecule has 0 aliphatic carbocycles. The van der Waals surface area contributed by atoms with Crippen LogP contribution < -0.4 is 10.1 Å². The molecule has 0 fully saturated rings. The Kier molecular flexibility index (Phi) is 5.04. The lowest BCUT2D eigenvalue weighted by atomic mass is 10.2. The Morgan fingerprint density at radius 2 is 2.21 bits per heavy atom. The van der Waals surface area contributed by atoms with Crippen molar-refractivity contribution in [3.63, 3.8) is 0 Å². The summed E-state index contributed by atoms with van der Waals surface area (Å²) in [7, 11) is 1.20. The lowest BCUT2D eigenvalue weighted by Crippen LogP contribution is -2.17. The van der Waals surface area contributed by atoms with Crippen molar-refractivity contribution in [2.45, 2.75) is 6.92 Å². The zero-order valence-corrected chi connectivity index (χ0v) is 10.4. The number of hydrogen-bond donors (Lipinski definition) is 1. The van der Waals surface area contributed by atoms with E-state index in [1.165, 1.54) is 7.11 Å². The fourth-order valence-electron chi connectivity index (χ4n) is 1.37. The highest BCUT2D eigenvalue weighted by atomic mass is 19.1. The molecule has 0 bridgehead atoms. The van der Waals surface area contributed by atoms with Gasteiger partial charge in [-0.2, -0.15) is 0 Å². The second-order valence-corrected chi connectivity index (χ2v) is 3.42. The van der Waals surface area contributed by atoms with Gasteiger partial charge in [-0.15, -0.1) is 0 Å². The molecule has 0 amide bonds. The smallest absolute Gasteiger partial charge is 0.325 e. The number of halogens is 1. The van der Waals surface area contributed by atoms with Crippen molar-refractivity contribution in [2.75, 3.05) is 25.6 Å². The topological polar surface area (TPSA) is 90.7 Å². The molecule has 104 valence electrons. The van der Waals surface area contributed by atoms with Crippen LogP contribution in [0.5, 0.6) is 5.75 Å². The van der Waals surface area contributed by atoms with E-state index in [2.05, 4.69) is 14.8 Å². The minimum Gasteiger partial charge on any atom is -0.493 e. The lowest BCUT2D eigenvalue weighted by Gasteiger charge is -2.09. The van der Waals surface area contributed by atoms with E-state index in [1.54, 1.807) is 6.92 Å². The van der Waals surface area contributed by atoms with Gasteiger partial charge in [0.1, 0.15) is 12.2 Å². The molecule has 19 heavy (non-hydrogen) atoms. The van der Waals surface area contributed by atoms with Crippen molar-refractivity contribution < 1.29 is 23.6 Å². The van der Waals surface area contributed by atoms with E-state index in [0.29, 0.717) is 0 Å². The van der Waals surface area contributed by atoms with Crippen LogP contribution in [0, 0.1) is 15.9 Å². The quantitative estimate of drug-likeness (QED) is 0.481. The predicted octanol–water partition coefficient (Wildman–Crippen LogP) is 1.72. The van der Waals surface area contributed by atoms with Crippen LogP contribution in [0.25, 0.3) is 0 Å². The summed E-state index contributed by atoms with van der Waals surface area (Å²) >= 11 is 0. The molecule has 7 nitrogen and oxygen atoms in total. The number of nitro groups is 1. The number of esters is 1. The van der Waals surface area contributed by atoms with Gasteiger partial charge in [0, 0.05) is 6.07 Å². The van der Waals surface area contributed by atoms with E-state index in [0.717, 1.165) is 12.1 Å². The molecule has 0 aliphatic rings. The van der Waals surface area contributed by atoms with Gasteiger partial charge in [0.15, 0.2) is 11.6 Å². The number of anilines is 1. The van der Waals surface area contributed by atoms with Gasteiger partial charge < -0.3 is 14.8 Å². The van der Waals surface area contributed by atoms with Gasteiger partial charge in [-0.25, -0.2) is 4.39 Å². The second-order valence-electron chi connectivity index (χ2n) is 3.42. The summed E-state index contributed by atoms with van der Waals surface area (Å²) in [6.45, 7) is 1.54. The highest BCUT2D eigenvalue weighted by Crippen LogP contribution is 2.31. The number of nitrogens with zero attached hydrogens (tertiary/aromatic N) is 1. The Balaban J connectivity index is 2.95. The molecule has 0 radical (unpaired) electrons. The van der Waals surface area contributed by atoms with E-state index in [9.17, 15) is 19.3 Å². The number of nitro benzene ring substituents is 1. The molecule has 0 atom stereocenters. The largest absolute Gasteiger partial charge is 0.493 e. The maximum absolute atomic E-state index is 13.5. The highest BCUT2D eigenvalue weighted by Gasteiger charge is 2.19. The first kappa shape index (κ1) is 14.7. The molecule has 0 aliphatic heterocycles. The Bertz CT molecular complexity index is 492. The Morgan fingerprint density at radius 3 is 2.74 bits per heavy atom. The molecular weight excluding hydrogens is 259 g/mol. The van der Waals surface area contributed by atoms with E-state index in [1.807, 2.05) is 0 Å². The van der Waals surface area contributed by atoms with Gasteiger partial charge in [-0.05, 0) is 6.92 Å². The minimum atomic E-state index is -0.764. The first-order valence-corrected chi connectivity index (χ1v) is 5.41. The Labute approximate surface area is 108 Å². The van der Waals surface area contributed by atoms with Crippen molar-refractivity contribution in [1.29, 1.82) is 0 Å². The van der Waals surface area contributed by atoms with Crippen LogP contribution >= 0.6 is 0 Å². The Morgan fingerprint density at radius 1 is 1.53 bits per heavy atom. The van der Waals surface area contributed by atoms with E-state index in [4.69, 9.17) is 0 Å². The zero-order valence-electron chi connectivity index (χ0n) is 10.4. The van der Waals surface area contributed by atoms with Gasteiger partial charge in [0.05, 0.1) is 24.7 Å². The van der Waals surface area contributed by atoms with E-state index in [-0.39, 0.29) is 30.3 Å². The van der Waals surface area contributed by atoms with Gasteiger partial charge in [-0.1, -0.05) is 0 Å². The maximum atomic E-state index is 13.5. The number of carbonyl (C=O) groups excluding carboxylic acids is 1. The third-order valence-corrected chi connectivity index (χ3v) is 2.20. The van der Waals surface area contributed by atoms with Crippen LogP contribution in [0.15, 0.2) is 12.1 Å². The summed E-state index contributed by atoms with van der Waals surface area (Å²) in [6.07, 6.45) is 0. The average Bonchev–Trinajstić information content (AvgIpc) is 2.36. The molecule has 1 N–H and O–H groups in total. The summed E-state index contributed by atoms with van der Waals surface area (Å²) in [5.41, 5.74) is -0.501. The summed E-state index contributed by atoms with van der Waals surface area (Å²) in [5, 5.41) is 13.3. The summed E-state index contributed by atoms with van der Waals surface area (Å²) < 4.78 is 22.8. The fourth-order valence-corrected chi connectivity index (χ4v) is 1.37. The van der Waals surface area contributed by atoms with Crippen molar-refractivity contribution in [3.8, 4) is 5.75 Å². The number of carbonyl (C=O) groups is 1. The second kappa shape index (κ2) is 6.53. The first-order valence-electron chi connectivity index (χ1n) is 5.41. The molecule has 1 aromatic rings. The summed E-state index contributed by atoms with van der Waals surface area (Å²) in [4.78, 5) is 21.3. The van der Waals surface area contributed by atoms with Crippen molar-refractivity contribution in [1.82, 2.24) is 0 Å². The number of hydrogen-bond acceptors (Lipinski definition) is 6. The van der Waals surface area contributed by atoms with Gasteiger partial charge >= 0.3 is 5.97 Å². The SMILES string of the molecule is CCOC(=O)CNc1cc(F)c(OC)cc1[N+](=O)[O-]. The van der Waals surface area contributed by atoms with Crippen LogP contribution in [0.1, 0.15) is 6.92 Å². The average molecular weight is 272 g/mol. The van der Waals surface area contributed by atoms with Crippen LogP contribution in [0.2, 0.25) is 0 Å². The molecule has 0 spiro atoms. The molecule has 0 heterocycles. The minimum absolute atomic E-state index is 0.114. The molecule has 1 aromatic carbocycles. The summed E-state index contributed by atoms with van der Waals surface area (Å²) in [6, 6.07) is 1.85. The van der Waals surface area contributed by atoms with Gasteiger partial charge in [0.25, 0.3) is 5.69 Å². The van der Waals surface area contributed by atoms with Crippen LogP contribution in [-0.2, 0) is 9.53 Å². The number of methoxy groups -OCH3 is 1. The molecule has 0 aromatic heterocycles. The van der Waals surface area contributed by atoms with Crippen LogP contribution in [0.4, 0.5) is 15.8 Å². The number of rotatable bonds is 6. The number of nitrogens with one attached hydrogen (secondary N) is 1. The Hall–Kier alpha value is -2.38. The number of benzene rings is 1. The van der Waals surface area contributed by atoms with Crippen molar-refractivity contribution in [2.24, 2.45) is 0 Å². The molecule has 0 unspecified atom stereocenters. The zero-order chi connectivity index (χ0) is 14.4. The monoisotopic (exact) mass is 272 g/mol. The number of ether oxygens (including phenoxy) is 2. The normalized spacial score (nSPS) is 9.84. The molecular formula is C11H13FN2O5. The molecule has 8 heteroatoms. The highest BCUT2D eigenvalue weighted by molar-refractivity contribution is 5.77. The van der Waals surface area contributed by atoms with Crippen molar-refractivity contribution in [3.05, 3.63) is 28.1 Å². The third-order valence-electron chi connectivity index (χ3n) is 2.20. The first-order chi connectivity index (χ1) is 8.99. The van der Waals surface area contributed by atoms with E-state index < -0.39 is 16.7 Å². The maximum Gasteiger partial charge on any atom is 0.325 e. The fraction of sp³-hybridized carbons (Fsp3) is 0.364. The lowest BCUT2D eigenvalue weighted by molar-refractivity contribution is -0.384. The third kappa shape index (κ3) is 3.80. The predicted molar refractivity (Wildman–Crippen MR) is 64.7 cm³/mol. The standard InChI is InChI=1S/C11H13FN2O5/c1-3-19-11(15)6-13-8-4-7(12)10(18-2)5-9(8)14(16)17/h4-5,13H,3,6H2,1-2H3. The van der Waals surface area contributed by atoms with Crippen LogP contribution in [-0.4, -0.2) is 31.2 Å².